The van der Waals surface area contributed by atoms with Crippen molar-refractivity contribution in [2.45, 2.75) is 19.4 Å². The minimum atomic E-state index is -0.160. The van der Waals surface area contributed by atoms with Crippen LogP contribution in [0.15, 0.2) is 53.9 Å². The average molecular weight is 424 g/mol. The van der Waals surface area contributed by atoms with E-state index in [1.807, 2.05) is 59.7 Å². The van der Waals surface area contributed by atoms with Crippen LogP contribution in [0, 0.1) is 0 Å². The maximum Gasteiger partial charge on any atom is 0.254 e. The van der Waals surface area contributed by atoms with Crippen LogP contribution >= 0.6 is 11.3 Å². The summed E-state index contributed by atoms with van der Waals surface area (Å²) in [5.74, 6) is 2.17. The lowest BCUT2D eigenvalue weighted by molar-refractivity contribution is 0.0697. The molecule has 4 rings (SSSR count). The number of hydrogen-bond donors (Lipinski definition) is 0. The third-order valence-corrected chi connectivity index (χ3v) is 6.28. The molecule has 1 aromatic heterocycles. The molecule has 2 aromatic carbocycles. The molecule has 5 nitrogen and oxygen atoms in total. The van der Waals surface area contributed by atoms with Gasteiger partial charge in [0.05, 0.1) is 26.9 Å². The van der Waals surface area contributed by atoms with Gasteiger partial charge in [0.15, 0.2) is 11.5 Å². The minimum absolute atomic E-state index is 0.0110. The van der Waals surface area contributed by atoms with E-state index in [0.29, 0.717) is 30.2 Å². The number of hydrogen-bond acceptors (Lipinski definition) is 5. The van der Waals surface area contributed by atoms with Crippen molar-refractivity contribution >= 4 is 17.2 Å². The molecule has 0 aliphatic carbocycles. The van der Waals surface area contributed by atoms with Crippen molar-refractivity contribution in [2.75, 3.05) is 27.4 Å². The number of amides is 1. The van der Waals surface area contributed by atoms with Gasteiger partial charge in [-0.15, -0.1) is 11.3 Å². The zero-order valence-corrected chi connectivity index (χ0v) is 18.2. The molecule has 2 heterocycles. The molecule has 156 valence electrons. The first kappa shape index (κ1) is 20.3. The molecule has 0 spiro atoms. The lowest BCUT2D eigenvalue weighted by Crippen LogP contribution is -2.40. The van der Waals surface area contributed by atoms with Gasteiger partial charge in [-0.3, -0.25) is 4.79 Å². The van der Waals surface area contributed by atoms with Gasteiger partial charge >= 0.3 is 0 Å². The van der Waals surface area contributed by atoms with E-state index in [1.54, 1.807) is 25.6 Å². The Morgan fingerprint density at radius 1 is 1.10 bits per heavy atom. The largest absolute Gasteiger partial charge is 0.494 e. The van der Waals surface area contributed by atoms with Crippen molar-refractivity contribution in [3.8, 4) is 17.2 Å². The Morgan fingerprint density at radius 2 is 1.83 bits per heavy atom. The average Bonchev–Trinajstić information content (AvgIpc) is 3.32. The van der Waals surface area contributed by atoms with E-state index in [2.05, 4.69) is 6.07 Å². The van der Waals surface area contributed by atoms with Crippen LogP contribution in [0.3, 0.4) is 0 Å². The summed E-state index contributed by atoms with van der Waals surface area (Å²) in [5.41, 5.74) is 2.92. The van der Waals surface area contributed by atoms with Crippen molar-refractivity contribution in [1.82, 2.24) is 4.90 Å². The fourth-order valence-corrected chi connectivity index (χ4v) is 4.80. The van der Waals surface area contributed by atoms with Crippen molar-refractivity contribution in [3.63, 3.8) is 0 Å². The van der Waals surface area contributed by atoms with Gasteiger partial charge in [0.2, 0.25) is 0 Å². The molecule has 1 aliphatic heterocycles. The van der Waals surface area contributed by atoms with Crippen LogP contribution in [0.2, 0.25) is 0 Å². The number of nitrogens with zero attached hydrogens (tertiary/aromatic N) is 1. The summed E-state index contributed by atoms with van der Waals surface area (Å²) in [7, 11) is 3.28. The molecule has 1 atom stereocenters. The summed E-state index contributed by atoms with van der Waals surface area (Å²) in [6.45, 7) is 3.18. The summed E-state index contributed by atoms with van der Waals surface area (Å²) < 4.78 is 16.5. The van der Waals surface area contributed by atoms with Crippen molar-refractivity contribution < 1.29 is 19.0 Å². The molecule has 0 radical (unpaired) electrons. The molecule has 1 aliphatic rings. The lowest BCUT2D eigenvalue weighted by Gasteiger charge is -2.37. The molecule has 0 bridgehead atoms. The van der Waals surface area contributed by atoms with Crippen LogP contribution in [0.5, 0.6) is 17.2 Å². The van der Waals surface area contributed by atoms with Gasteiger partial charge in [-0.1, -0.05) is 6.07 Å². The second-order valence-corrected chi connectivity index (χ2v) is 8.01. The number of thiophene rings is 1. The fourth-order valence-electron chi connectivity index (χ4n) is 3.94. The monoisotopic (exact) mass is 423 g/mol. The van der Waals surface area contributed by atoms with E-state index in [9.17, 15) is 4.79 Å². The first-order valence-corrected chi connectivity index (χ1v) is 10.9. The molecule has 30 heavy (non-hydrogen) atoms. The maximum absolute atomic E-state index is 13.5. The van der Waals surface area contributed by atoms with Crippen LogP contribution in [0.4, 0.5) is 0 Å². The van der Waals surface area contributed by atoms with E-state index in [1.165, 1.54) is 5.56 Å². The fraction of sp³-hybridized carbons (Fsp3) is 0.292. The Hall–Kier alpha value is -2.99. The van der Waals surface area contributed by atoms with E-state index >= 15 is 0 Å². The van der Waals surface area contributed by atoms with E-state index in [4.69, 9.17) is 14.2 Å². The van der Waals surface area contributed by atoms with Gasteiger partial charge in [0.1, 0.15) is 5.75 Å². The summed E-state index contributed by atoms with van der Waals surface area (Å²) in [6.07, 6.45) is 0.764. The Kier molecular flexibility index (Phi) is 5.95. The predicted octanol–water partition coefficient (Wildman–Crippen LogP) is 4.95. The van der Waals surface area contributed by atoms with Gasteiger partial charge < -0.3 is 19.1 Å². The molecular weight excluding hydrogens is 398 g/mol. The second-order valence-electron chi connectivity index (χ2n) is 7.03. The van der Waals surface area contributed by atoms with Gasteiger partial charge in [-0.05, 0) is 72.3 Å². The highest BCUT2D eigenvalue weighted by atomic mass is 32.1. The van der Waals surface area contributed by atoms with Crippen LogP contribution in [0.1, 0.15) is 39.3 Å². The summed E-state index contributed by atoms with van der Waals surface area (Å²) in [6, 6.07) is 15.4. The third-order valence-electron chi connectivity index (χ3n) is 5.36. The molecule has 6 heteroatoms. The molecule has 0 saturated heterocycles. The highest BCUT2D eigenvalue weighted by Crippen LogP contribution is 2.42. The van der Waals surface area contributed by atoms with Crippen molar-refractivity contribution in [1.29, 1.82) is 0 Å². The SMILES string of the molecule is CCOc1ccc(C(=O)N2CCc3cc(OC)c(OC)cc3[C@@H]2c2cccs2)cc1. The van der Waals surface area contributed by atoms with Crippen LogP contribution in [-0.2, 0) is 6.42 Å². The van der Waals surface area contributed by atoms with Crippen LogP contribution in [0.25, 0.3) is 0 Å². The Morgan fingerprint density at radius 3 is 2.47 bits per heavy atom. The molecule has 0 N–H and O–H groups in total. The van der Waals surface area contributed by atoms with E-state index < -0.39 is 0 Å². The van der Waals surface area contributed by atoms with Crippen molar-refractivity contribution in [2.24, 2.45) is 0 Å². The smallest absolute Gasteiger partial charge is 0.254 e. The zero-order chi connectivity index (χ0) is 21.1. The first-order chi connectivity index (χ1) is 14.7. The number of carbonyl (C=O) groups excluding carboxylic acids is 1. The maximum atomic E-state index is 13.5. The number of fused-ring (bicyclic) bond motifs is 1. The standard InChI is InChI=1S/C24H25NO4S/c1-4-29-18-9-7-16(8-10-18)24(26)25-12-11-17-14-20(27-2)21(28-3)15-19(17)23(25)22-6-5-13-30-22/h5-10,13-15,23H,4,11-12H2,1-3H3/t23-/m1/s1. The first-order valence-electron chi connectivity index (χ1n) is 9.98. The molecular formula is C24H25NO4S. The Bertz CT molecular complexity index is 1010. The number of carbonyl (C=O) groups is 1. The Balaban J connectivity index is 1.74. The second kappa shape index (κ2) is 8.79. The number of ether oxygens (including phenoxy) is 3. The number of rotatable bonds is 6. The minimum Gasteiger partial charge on any atom is -0.494 e. The molecule has 3 aromatic rings. The quantitative estimate of drug-likeness (QED) is 0.563. The summed E-state index contributed by atoms with van der Waals surface area (Å²) in [5, 5.41) is 2.05. The highest BCUT2D eigenvalue weighted by molar-refractivity contribution is 7.10. The van der Waals surface area contributed by atoms with E-state index in [-0.39, 0.29) is 11.9 Å². The third kappa shape index (κ3) is 3.75. The van der Waals surface area contributed by atoms with Gasteiger partial charge in [0.25, 0.3) is 5.91 Å². The van der Waals surface area contributed by atoms with Crippen molar-refractivity contribution in [3.05, 3.63) is 75.5 Å². The highest BCUT2D eigenvalue weighted by Gasteiger charge is 2.34. The molecule has 0 saturated carbocycles. The molecule has 0 unspecified atom stereocenters. The van der Waals surface area contributed by atoms with Gasteiger partial charge in [-0.2, -0.15) is 0 Å². The lowest BCUT2D eigenvalue weighted by atomic mass is 9.90. The molecule has 0 fully saturated rings. The van der Waals surface area contributed by atoms with Crippen LogP contribution in [-0.4, -0.2) is 38.2 Å². The summed E-state index contributed by atoms with van der Waals surface area (Å²) in [4.78, 5) is 16.6. The topological polar surface area (TPSA) is 48.0 Å². The Labute approximate surface area is 180 Å². The number of methoxy groups -OCH3 is 2. The summed E-state index contributed by atoms with van der Waals surface area (Å²) >= 11 is 1.66. The number of benzene rings is 2. The van der Waals surface area contributed by atoms with Gasteiger partial charge in [-0.25, -0.2) is 0 Å². The molecule has 1 amide bonds. The van der Waals surface area contributed by atoms with E-state index in [0.717, 1.165) is 22.6 Å². The van der Waals surface area contributed by atoms with Gasteiger partial charge in [0, 0.05) is 17.0 Å². The van der Waals surface area contributed by atoms with Crippen LogP contribution < -0.4 is 14.2 Å². The zero-order valence-electron chi connectivity index (χ0n) is 17.4. The predicted molar refractivity (Wildman–Crippen MR) is 118 cm³/mol. The normalized spacial score (nSPS) is 15.4.